The number of terminal acetylenes is 1. The Morgan fingerprint density at radius 2 is 1.66 bits per heavy atom. The quantitative estimate of drug-likeness (QED) is 0.456. The Morgan fingerprint density at radius 3 is 2.22 bits per heavy atom. The first kappa shape index (κ1) is 29.8. The molecule has 41 heavy (non-hydrogen) atoms. The maximum atomic E-state index is 13.7. The number of ketones is 1. The van der Waals surface area contributed by atoms with E-state index in [2.05, 4.69) is 16.6 Å². The van der Waals surface area contributed by atoms with Crippen LogP contribution >= 0.6 is 0 Å². The fourth-order valence-corrected chi connectivity index (χ4v) is 5.60. The van der Waals surface area contributed by atoms with Gasteiger partial charge < -0.3 is 25.0 Å². The summed E-state index contributed by atoms with van der Waals surface area (Å²) < 4.78 is 11.7. The minimum atomic E-state index is -1.27. The molecule has 3 amide bonds. The summed E-state index contributed by atoms with van der Waals surface area (Å²) in [5.41, 5.74) is 3.81. The molecule has 1 aliphatic carbocycles. The van der Waals surface area contributed by atoms with E-state index in [1.54, 1.807) is 0 Å². The number of fused-ring (bicyclic) bond motifs is 3. The first-order valence-corrected chi connectivity index (χ1v) is 13.8. The summed E-state index contributed by atoms with van der Waals surface area (Å²) in [4.78, 5) is 53.2. The van der Waals surface area contributed by atoms with Crippen molar-refractivity contribution in [1.82, 2.24) is 15.5 Å². The highest BCUT2D eigenvalue weighted by Gasteiger charge is 2.43. The van der Waals surface area contributed by atoms with Crippen LogP contribution in [-0.2, 0) is 23.9 Å². The zero-order chi connectivity index (χ0) is 29.7. The van der Waals surface area contributed by atoms with Crippen molar-refractivity contribution in [1.29, 1.82) is 0 Å². The van der Waals surface area contributed by atoms with Crippen LogP contribution in [0.2, 0.25) is 0 Å². The Morgan fingerprint density at radius 1 is 1.05 bits per heavy atom. The highest BCUT2D eigenvalue weighted by Crippen LogP contribution is 2.44. The lowest BCUT2D eigenvalue weighted by atomic mass is 9.98. The first-order chi connectivity index (χ1) is 19.5. The van der Waals surface area contributed by atoms with E-state index < -0.39 is 35.6 Å². The van der Waals surface area contributed by atoms with E-state index >= 15 is 0 Å². The standard InChI is InChI=1S/C32H37N3O6/c1-6-15-33-29(37)17-27(30(38)35-18-21(41-32(3,4)5)16-28(35)20(2)36)34-31(39)40-19-26-24-13-9-7-11-22(24)23-12-8-10-14-25(23)26/h1,7-14,21,26-28H,15-19H2,2-5H3,(H,33,37)(H,34,39)/t21-,27+,28-/m0/s1. The number of rotatable bonds is 9. The number of likely N-dealkylation sites (tertiary alicyclic amines) is 1. The van der Waals surface area contributed by atoms with Crippen molar-refractivity contribution in [3.63, 3.8) is 0 Å². The highest BCUT2D eigenvalue weighted by molar-refractivity contribution is 5.94. The Hall–Kier alpha value is -4.16. The summed E-state index contributed by atoms with van der Waals surface area (Å²) in [7, 11) is 0. The Bertz CT molecular complexity index is 1310. The summed E-state index contributed by atoms with van der Waals surface area (Å²) in [6.07, 6.45) is 4.02. The van der Waals surface area contributed by atoms with Crippen LogP contribution in [0.4, 0.5) is 4.79 Å². The molecular formula is C32H37N3O6. The molecule has 1 saturated heterocycles. The summed E-state index contributed by atoms with van der Waals surface area (Å²) in [5, 5.41) is 5.10. The fourth-order valence-electron chi connectivity index (χ4n) is 5.60. The number of nitrogens with zero attached hydrogens (tertiary/aromatic N) is 1. The van der Waals surface area contributed by atoms with Crippen LogP contribution in [0, 0.1) is 12.3 Å². The van der Waals surface area contributed by atoms with E-state index in [9.17, 15) is 19.2 Å². The number of nitrogens with one attached hydrogen (secondary N) is 2. The van der Waals surface area contributed by atoms with Gasteiger partial charge >= 0.3 is 6.09 Å². The molecule has 1 heterocycles. The van der Waals surface area contributed by atoms with E-state index in [0.29, 0.717) is 6.42 Å². The van der Waals surface area contributed by atoms with Crippen molar-refractivity contribution in [3.8, 4) is 23.5 Å². The first-order valence-electron chi connectivity index (χ1n) is 13.8. The molecular weight excluding hydrogens is 522 g/mol. The molecule has 0 unspecified atom stereocenters. The SMILES string of the molecule is C#CCNC(=O)C[C@@H](NC(=O)OCC1c2ccccc2-c2ccccc21)C(=O)N1C[C@@H](OC(C)(C)C)C[C@H]1C(C)=O. The van der Waals surface area contributed by atoms with Gasteiger partial charge in [0.25, 0.3) is 0 Å². The lowest BCUT2D eigenvalue weighted by molar-refractivity contribution is -0.140. The van der Waals surface area contributed by atoms with Crippen LogP contribution in [-0.4, -0.2) is 72.1 Å². The van der Waals surface area contributed by atoms with Gasteiger partial charge in [-0.15, -0.1) is 6.42 Å². The van der Waals surface area contributed by atoms with Crippen molar-refractivity contribution in [2.45, 2.75) is 70.2 Å². The van der Waals surface area contributed by atoms with Crippen LogP contribution in [0.1, 0.15) is 57.6 Å². The minimum absolute atomic E-state index is 0.0219. The van der Waals surface area contributed by atoms with Crippen LogP contribution in [0.3, 0.4) is 0 Å². The van der Waals surface area contributed by atoms with Crippen LogP contribution in [0.15, 0.2) is 48.5 Å². The molecule has 0 saturated carbocycles. The molecule has 9 nitrogen and oxygen atoms in total. The lowest BCUT2D eigenvalue weighted by Gasteiger charge is -2.28. The highest BCUT2D eigenvalue weighted by atomic mass is 16.5. The number of benzene rings is 2. The van der Waals surface area contributed by atoms with E-state index in [1.807, 2.05) is 69.3 Å². The molecule has 0 spiro atoms. The Kier molecular flexibility index (Phi) is 9.14. The molecule has 0 bridgehead atoms. The van der Waals surface area contributed by atoms with Crippen molar-refractivity contribution in [2.24, 2.45) is 0 Å². The zero-order valence-electron chi connectivity index (χ0n) is 23.9. The number of carbonyl (C=O) groups is 4. The van der Waals surface area contributed by atoms with Crippen molar-refractivity contribution in [3.05, 3.63) is 59.7 Å². The number of carbonyl (C=O) groups excluding carboxylic acids is 4. The maximum Gasteiger partial charge on any atom is 0.407 e. The van der Waals surface area contributed by atoms with Gasteiger partial charge in [0.2, 0.25) is 11.8 Å². The molecule has 4 rings (SSSR count). The molecule has 1 aliphatic heterocycles. The molecule has 2 aromatic carbocycles. The summed E-state index contributed by atoms with van der Waals surface area (Å²) in [5.74, 6) is 0.872. The fraction of sp³-hybridized carbons (Fsp3) is 0.438. The molecule has 216 valence electrons. The van der Waals surface area contributed by atoms with Gasteiger partial charge in [-0.3, -0.25) is 14.4 Å². The second kappa shape index (κ2) is 12.6. The van der Waals surface area contributed by atoms with Gasteiger partial charge in [0, 0.05) is 18.9 Å². The predicted octanol–water partition coefficient (Wildman–Crippen LogP) is 3.41. The molecule has 2 aromatic rings. The third-order valence-corrected chi connectivity index (χ3v) is 7.25. The third-order valence-electron chi connectivity index (χ3n) is 7.25. The van der Waals surface area contributed by atoms with Gasteiger partial charge in [-0.2, -0.15) is 0 Å². The van der Waals surface area contributed by atoms with Gasteiger partial charge in [-0.05, 0) is 49.9 Å². The lowest BCUT2D eigenvalue weighted by Crippen LogP contribution is -2.53. The van der Waals surface area contributed by atoms with Gasteiger partial charge in [-0.25, -0.2) is 4.79 Å². The number of ether oxygens (including phenoxy) is 2. The molecule has 1 fully saturated rings. The normalized spacial score (nSPS) is 18.6. The Labute approximate surface area is 241 Å². The van der Waals surface area contributed by atoms with Gasteiger partial charge in [0.1, 0.15) is 12.6 Å². The maximum absolute atomic E-state index is 13.7. The third kappa shape index (κ3) is 7.14. The number of hydrogen-bond donors (Lipinski definition) is 2. The number of amides is 3. The summed E-state index contributed by atoms with van der Waals surface area (Å²) >= 11 is 0. The predicted molar refractivity (Wildman–Crippen MR) is 154 cm³/mol. The average Bonchev–Trinajstić information content (AvgIpc) is 3.48. The van der Waals surface area contributed by atoms with Gasteiger partial charge in [0.15, 0.2) is 5.78 Å². The van der Waals surface area contributed by atoms with Crippen molar-refractivity contribution >= 4 is 23.7 Å². The molecule has 9 heteroatoms. The van der Waals surface area contributed by atoms with Crippen LogP contribution in [0.5, 0.6) is 0 Å². The number of alkyl carbamates (subject to hydrolysis) is 1. The molecule has 2 aliphatic rings. The van der Waals surface area contributed by atoms with E-state index in [4.69, 9.17) is 15.9 Å². The topological polar surface area (TPSA) is 114 Å². The van der Waals surface area contributed by atoms with Gasteiger partial charge in [0.05, 0.1) is 30.7 Å². The average molecular weight is 560 g/mol. The second-order valence-corrected chi connectivity index (χ2v) is 11.4. The van der Waals surface area contributed by atoms with E-state index in [0.717, 1.165) is 22.3 Å². The zero-order valence-corrected chi connectivity index (χ0v) is 23.9. The molecule has 0 radical (unpaired) electrons. The monoisotopic (exact) mass is 559 g/mol. The minimum Gasteiger partial charge on any atom is -0.449 e. The van der Waals surface area contributed by atoms with Crippen molar-refractivity contribution in [2.75, 3.05) is 19.7 Å². The van der Waals surface area contributed by atoms with E-state index in [1.165, 1.54) is 11.8 Å². The van der Waals surface area contributed by atoms with Crippen LogP contribution < -0.4 is 10.6 Å². The largest absolute Gasteiger partial charge is 0.449 e. The summed E-state index contributed by atoms with van der Waals surface area (Å²) in [6.45, 7) is 7.30. The second-order valence-electron chi connectivity index (χ2n) is 11.4. The van der Waals surface area contributed by atoms with Gasteiger partial charge in [-0.1, -0.05) is 54.5 Å². The molecule has 0 aromatic heterocycles. The smallest absolute Gasteiger partial charge is 0.407 e. The summed E-state index contributed by atoms with van der Waals surface area (Å²) in [6, 6.07) is 13.9. The number of Topliss-reactive ketones (excluding diaryl/α,β-unsaturated/α-hetero) is 1. The number of hydrogen-bond acceptors (Lipinski definition) is 6. The van der Waals surface area contributed by atoms with E-state index in [-0.39, 0.29) is 43.9 Å². The molecule has 2 N–H and O–H groups in total. The Balaban J connectivity index is 1.49. The van der Waals surface area contributed by atoms with Crippen molar-refractivity contribution < 1.29 is 28.7 Å². The molecule has 3 atom stereocenters. The van der Waals surface area contributed by atoms with Crippen LogP contribution in [0.25, 0.3) is 11.1 Å².